The standard InChI is InChI=1S/C12H13BrN4S/c1-14-12-15-6-9(13)11(16-12)17-4-2-10-8(7-17)3-5-18-10/h3,5-6H,2,4,7H2,1H3,(H,14,15,16). The molecule has 0 unspecified atom stereocenters. The molecule has 6 heteroatoms. The number of fused-ring (bicyclic) bond motifs is 1. The topological polar surface area (TPSA) is 41.1 Å². The second-order valence-corrected chi connectivity index (χ2v) is 6.01. The maximum atomic E-state index is 4.53. The largest absolute Gasteiger partial charge is 0.357 e. The summed E-state index contributed by atoms with van der Waals surface area (Å²) in [4.78, 5) is 12.5. The van der Waals surface area contributed by atoms with E-state index in [0.717, 1.165) is 29.8 Å². The molecule has 0 saturated carbocycles. The average Bonchev–Trinajstić information content (AvgIpc) is 2.86. The van der Waals surface area contributed by atoms with E-state index in [2.05, 4.69) is 47.6 Å². The quantitative estimate of drug-likeness (QED) is 0.922. The molecule has 1 aliphatic heterocycles. The average molecular weight is 325 g/mol. The zero-order valence-electron chi connectivity index (χ0n) is 9.98. The van der Waals surface area contributed by atoms with Gasteiger partial charge in [0.15, 0.2) is 0 Å². The molecule has 2 aromatic heterocycles. The summed E-state index contributed by atoms with van der Waals surface area (Å²) in [6.07, 6.45) is 2.90. The highest BCUT2D eigenvalue weighted by Gasteiger charge is 2.20. The highest BCUT2D eigenvalue weighted by Crippen LogP contribution is 2.31. The van der Waals surface area contributed by atoms with Gasteiger partial charge in [0.05, 0.1) is 4.47 Å². The Kier molecular flexibility index (Phi) is 3.22. The minimum Gasteiger partial charge on any atom is -0.357 e. The van der Waals surface area contributed by atoms with Crippen molar-refractivity contribution in [1.29, 1.82) is 0 Å². The number of halogens is 1. The number of nitrogens with one attached hydrogen (secondary N) is 1. The predicted octanol–water partition coefficient (Wildman–Crippen LogP) is 2.91. The van der Waals surface area contributed by atoms with E-state index in [1.54, 1.807) is 6.20 Å². The third-order valence-electron chi connectivity index (χ3n) is 3.06. The molecule has 1 N–H and O–H groups in total. The highest BCUT2D eigenvalue weighted by molar-refractivity contribution is 9.10. The van der Waals surface area contributed by atoms with E-state index in [1.807, 2.05) is 18.4 Å². The van der Waals surface area contributed by atoms with Crippen LogP contribution in [0.4, 0.5) is 11.8 Å². The molecule has 0 amide bonds. The van der Waals surface area contributed by atoms with E-state index >= 15 is 0 Å². The minimum atomic E-state index is 0.657. The molecule has 2 aromatic rings. The first kappa shape index (κ1) is 11.9. The predicted molar refractivity (Wildman–Crippen MR) is 78.4 cm³/mol. The van der Waals surface area contributed by atoms with Crippen LogP contribution in [0, 0.1) is 0 Å². The van der Waals surface area contributed by atoms with Crippen LogP contribution in [0.5, 0.6) is 0 Å². The molecule has 0 bridgehead atoms. The van der Waals surface area contributed by atoms with Crippen molar-refractivity contribution in [2.24, 2.45) is 0 Å². The van der Waals surface area contributed by atoms with Crippen molar-refractivity contribution in [2.75, 3.05) is 23.8 Å². The van der Waals surface area contributed by atoms with Crippen LogP contribution in [-0.2, 0) is 13.0 Å². The molecule has 0 atom stereocenters. The number of rotatable bonds is 2. The molecule has 0 aliphatic carbocycles. The van der Waals surface area contributed by atoms with Crippen LogP contribution in [0.15, 0.2) is 22.1 Å². The minimum absolute atomic E-state index is 0.657. The van der Waals surface area contributed by atoms with Gasteiger partial charge in [0.2, 0.25) is 5.95 Å². The molecule has 0 radical (unpaired) electrons. The molecule has 1 aliphatic rings. The van der Waals surface area contributed by atoms with Crippen LogP contribution in [0.3, 0.4) is 0 Å². The summed E-state index contributed by atoms with van der Waals surface area (Å²) in [5, 5.41) is 5.15. The molecule has 4 nitrogen and oxygen atoms in total. The van der Waals surface area contributed by atoms with Crippen molar-refractivity contribution in [1.82, 2.24) is 9.97 Å². The van der Waals surface area contributed by atoms with Gasteiger partial charge in [0, 0.05) is 31.2 Å². The molecule has 0 spiro atoms. The first-order valence-corrected chi connectivity index (χ1v) is 7.45. The van der Waals surface area contributed by atoms with Gasteiger partial charge in [-0.25, -0.2) is 4.98 Å². The van der Waals surface area contributed by atoms with Crippen molar-refractivity contribution < 1.29 is 0 Å². The summed E-state index contributed by atoms with van der Waals surface area (Å²) in [7, 11) is 1.83. The van der Waals surface area contributed by atoms with E-state index in [9.17, 15) is 0 Å². The van der Waals surface area contributed by atoms with Crippen molar-refractivity contribution in [3.8, 4) is 0 Å². The third kappa shape index (κ3) is 2.10. The number of thiophene rings is 1. The maximum Gasteiger partial charge on any atom is 0.224 e. The van der Waals surface area contributed by atoms with Crippen LogP contribution >= 0.6 is 27.3 Å². The van der Waals surface area contributed by atoms with Gasteiger partial charge in [0.25, 0.3) is 0 Å². The van der Waals surface area contributed by atoms with Gasteiger partial charge in [-0.2, -0.15) is 4.98 Å². The fraction of sp³-hybridized carbons (Fsp3) is 0.333. The smallest absolute Gasteiger partial charge is 0.224 e. The SMILES string of the molecule is CNc1ncc(Br)c(N2CCc3sccc3C2)n1. The summed E-state index contributed by atoms with van der Waals surface area (Å²) >= 11 is 5.38. The lowest BCUT2D eigenvalue weighted by molar-refractivity contribution is 0.729. The number of nitrogens with zero attached hydrogens (tertiary/aromatic N) is 3. The Labute approximate surface area is 118 Å². The summed E-state index contributed by atoms with van der Waals surface area (Å²) < 4.78 is 0.945. The fourth-order valence-electron chi connectivity index (χ4n) is 2.13. The van der Waals surface area contributed by atoms with Gasteiger partial charge in [-0.3, -0.25) is 0 Å². The summed E-state index contributed by atoms with van der Waals surface area (Å²) in [5.41, 5.74) is 1.42. The van der Waals surface area contributed by atoms with E-state index in [1.165, 1.54) is 10.4 Å². The van der Waals surface area contributed by atoms with Crippen LogP contribution in [0.1, 0.15) is 10.4 Å². The lowest BCUT2D eigenvalue weighted by Crippen LogP contribution is -2.30. The van der Waals surface area contributed by atoms with Gasteiger partial charge in [0.1, 0.15) is 5.82 Å². The van der Waals surface area contributed by atoms with E-state index in [4.69, 9.17) is 0 Å². The summed E-state index contributed by atoms with van der Waals surface area (Å²) in [5.74, 6) is 1.62. The van der Waals surface area contributed by atoms with Gasteiger partial charge >= 0.3 is 0 Å². The van der Waals surface area contributed by atoms with Crippen LogP contribution in [0.25, 0.3) is 0 Å². The van der Waals surface area contributed by atoms with Crippen molar-refractivity contribution >= 4 is 39.0 Å². The Balaban J connectivity index is 1.92. The molecular weight excluding hydrogens is 312 g/mol. The Bertz CT molecular complexity index is 569. The van der Waals surface area contributed by atoms with Crippen LogP contribution < -0.4 is 10.2 Å². The first-order chi connectivity index (χ1) is 8.78. The lowest BCUT2D eigenvalue weighted by atomic mass is 10.1. The van der Waals surface area contributed by atoms with Gasteiger partial charge in [-0.1, -0.05) is 0 Å². The van der Waals surface area contributed by atoms with Crippen LogP contribution in [-0.4, -0.2) is 23.6 Å². The Morgan fingerprint density at radius 1 is 1.50 bits per heavy atom. The highest BCUT2D eigenvalue weighted by atomic mass is 79.9. The van der Waals surface area contributed by atoms with Gasteiger partial charge in [-0.05, 0) is 39.4 Å². The lowest BCUT2D eigenvalue weighted by Gasteiger charge is -2.28. The van der Waals surface area contributed by atoms with Crippen molar-refractivity contribution in [3.05, 3.63) is 32.6 Å². The summed E-state index contributed by atoms with van der Waals surface area (Å²) in [6.45, 7) is 1.93. The zero-order chi connectivity index (χ0) is 12.5. The maximum absolute atomic E-state index is 4.53. The number of hydrogen-bond donors (Lipinski definition) is 1. The normalized spacial score (nSPS) is 14.4. The molecule has 3 rings (SSSR count). The number of hydrogen-bond acceptors (Lipinski definition) is 5. The molecule has 0 saturated heterocycles. The number of anilines is 2. The first-order valence-electron chi connectivity index (χ1n) is 5.78. The Morgan fingerprint density at radius 3 is 3.22 bits per heavy atom. The molecule has 94 valence electrons. The third-order valence-corrected chi connectivity index (χ3v) is 4.64. The van der Waals surface area contributed by atoms with E-state index in [-0.39, 0.29) is 0 Å². The van der Waals surface area contributed by atoms with Crippen molar-refractivity contribution in [2.45, 2.75) is 13.0 Å². The Hall–Kier alpha value is -1.14. The van der Waals surface area contributed by atoms with Crippen molar-refractivity contribution in [3.63, 3.8) is 0 Å². The van der Waals surface area contributed by atoms with Crippen LogP contribution in [0.2, 0.25) is 0 Å². The second kappa shape index (κ2) is 4.85. The fourth-order valence-corrected chi connectivity index (χ4v) is 3.46. The number of aromatic nitrogens is 2. The monoisotopic (exact) mass is 324 g/mol. The molecule has 0 aromatic carbocycles. The van der Waals surface area contributed by atoms with Gasteiger partial charge in [-0.15, -0.1) is 11.3 Å². The summed E-state index contributed by atoms with van der Waals surface area (Å²) in [6, 6.07) is 2.21. The Morgan fingerprint density at radius 2 is 2.39 bits per heavy atom. The zero-order valence-corrected chi connectivity index (χ0v) is 12.4. The van der Waals surface area contributed by atoms with Gasteiger partial charge < -0.3 is 10.2 Å². The molecule has 3 heterocycles. The second-order valence-electron chi connectivity index (χ2n) is 4.16. The van der Waals surface area contributed by atoms with E-state index < -0.39 is 0 Å². The molecular formula is C12H13BrN4S. The van der Waals surface area contributed by atoms with E-state index in [0.29, 0.717) is 5.95 Å². The molecule has 18 heavy (non-hydrogen) atoms. The molecule has 0 fully saturated rings.